The molecule has 1 atom stereocenters. The summed E-state index contributed by atoms with van der Waals surface area (Å²) in [6.07, 6.45) is 5.30. The van der Waals surface area contributed by atoms with E-state index >= 15 is 0 Å². The molecule has 0 bridgehead atoms. The Balaban J connectivity index is 1.85. The maximum atomic E-state index is 12.7. The Hall–Kier alpha value is -2.70. The first-order chi connectivity index (χ1) is 12.6. The minimum atomic E-state index is -1.13. The summed E-state index contributed by atoms with van der Waals surface area (Å²) >= 11 is 6.39. The van der Waals surface area contributed by atoms with Gasteiger partial charge in [0.15, 0.2) is 6.04 Å². The molecule has 1 amide bonds. The highest BCUT2D eigenvalue weighted by Gasteiger charge is 2.41. The van der Waals surface area contributed by atoms with E-state index in [2.05, 4.69) is 0 Å². The number of carboxylic acid groups (broad SMARTS) is 1. The highest BCUT2D eigenvalue weighted by atomic mass is 32.2. The summed E-state index contributed by atoms with van der Waals surface area (Å²) in [4.78, 5) is 26.1. The Morgan fingerprint density at radius 3 is 2.31 bits per heavy atom. The largest absolute Gasteiger partial charge is 0.479 e. The summed E-state index contributed by atoms with van der Waals surface area (Å²) in [5.74, 6) is -1.51. The van der Waals surface area contributed by atoms with Crippen molar-refractivity contribution < 1.29 is 14.7 Å². The van der Waals surface area contributed by atoms with E-state index in [1.54, 1.807) is 42.5 Å². The molecule has 1 N–H and O–H groups in total. The molecule has 6 heteroatoms. The van der Waals surface area contributed by atoms with Gasteiger partial charge in [-0.25, -0.2) is 4.79 Å². The predicted octanol–water partition coefficient (Wildman–Crippen LogP) is 4.27. The van der Waals surface area contributed by atoms with Crippen molar-refractivity contribution >= 4 is 46.3 Å². The van der Waals surface area contributed by atoms with Gasteiger partial charge >= 0.3 is 5.97 Å². The molecule has 130 valence electrons. The number of rotatable bonds is 5. The van der Waals surface area contributed by atoms with Gasteiger partial charge in [0.05, 0.1) is 4.91 Å². The minimum Gasteiger partial charge on any atom is -0.479 e. The molecular weight excluding hydrogens is 366 g/mol. The van der Waals surface area contributed by atoms with Crippen LogP contribution < -0.4 is 0 Å². The van der Waals surface area contributed by atoms with Crippen molar-refractivity contribution in [2.45, 2.75) is 6.04 Å². The van der Waals surface area contributed by atoms with Crippen LogP contribution in [-0.2, 0) is 9.59 Å². The van der Waals surface area contributed by atoms with E-state index in [0.29, 0.717) is 10.5 Å². The lowest BCUT2D eigenvalue weighted by Crippen LogP contribution is -2.37. The van der Waals surface area contributed by atoms with Crippen LogP contribution >= 0.6 is 24.0 Å². The average Bonchev–Trinajstić information content (AvgIpc) is 2.91. The second-order valence-corrected chi connectivity index (χ2v) is 7.17. The first kappa shape index (κ1) is 18.1. The molecule has 3 rings (SSSR count). The van der Waals surface area contributed by atoms with Crippen molar-refractivity contribution in [1.82, 2.24) is 4.90 Å². The first-order valence-electron chi connectivity index (χ1n) is 7.84. The van der Waals surface area contributed by atoms with Crippen molar-refractivity contribution in [3.05, 3.63) is 88.8 Å². The Bertz CT molecular complexity index is 892. The fourth-order valence-corrected chi connectivity index (χ4v) is 3.83. The molecule has 2 aromatic rings. The topological polar surface area (TPSA) is 57.6 Å². The van der Waals surface area contributed by atoms with Gasteiger partial charge in [-0.05, 0) is 17.2 Å². The van der Waals surface area contributed by atoms with Crippen molar-refractivity contribution in [1.29, 1.82) is 0 Å². The maximum absolute atomic E-state index is 12.7. The molecular formula is C20H15NO3S2. The van der Waals surface area contributed by atoms with Crippen LogP contribution in [0.4, 0.5) is 0 Å². The second kappa shape index (κ2) is 8.12. The van der Waals surface area contributed by atoms with Crippen LogP contribution in [0.2, 0.25) is 0 Å². The van der Waals surface area contributed by atoms with E-state index in [1.807, 2.05) is 36.4 Å². The summed E-state index contributed by atoms with van der Waals surface area (Å²) in [6, 6.07) is 17.2. The molecule has 1 aliphatic heterocycles. The number of carboxylic acids is 1. The number of carbonyl (C=O) groups excluding carboxylic acids is 1. The number of amides is 1. The van der Waals surface area contributed by atoms with Gasteiger partial charge < -0.3 is 5.11 Å². The number of thioether (sulfide) groups is 1. The predicted molar refractivity (Wildman–Crippen MR) is 107 cm³/mol. The van der Waals surface area contributed by atoms with Crippen LogP contribution in [0.3, 0.4) is 0 Å². The smallest absolute Gasteiger partial charge is 0.331 e. The maximum Gasteiger partial charge on any atom is 0.331 e. The van der Waals surface area contributed by atoms with E-state index in [1.165, 1.54) is 4.90 Å². The summed E-state index contributed by atoms with van der Waals surface area (Å²) < 4.78 is 0.241. The van der Waals surface area contributed by atoms with E-state index in [-0.39, 0.29) is 4.32 Å². The zero-order chi connectivity index (χ0) is 18.5. The van der Waals surface area contributed by atoms with Gasteiger partial charge in [0.1, 0.15) is 4.32 Å². The van der Waals surface area contributed by atoms with Gasteiger partial charge in [0.25, 0.3) is 5.91 Å². The molecule has 26 heavy (non-hydrogen) atoms. The van der Waals surface area contributed by atoms with Crippen molar-refractivity contribution in [3.8, 4) is 0 Å². The highest BCUT2D eigenvalue weighted by molar-refractivity contribution is 8.26. The number of benzene rings is 2. The molecule has 1 saturated heterocycles. The van der Waals surface area contributed by atoms with Gasteiger partial charge in [-0.15, -0.1) is 0 Å². The van der Waals surface area contributed by atoms with Crippen molar-refractivity contribution in [2.24, 2.45) is 0 Å². The van der Waals surface area contributed by atoms with E-state index in [9.17, 15) is 14.7 Å². The molecule has 1 aliphatic rings. The standard InChI is InChI=1S/C20H15NO3S2/c22-18-16(13-7-10-14-8-3-1-4-9-14)26-20(25)21(18)17(19(23)24)15-11-5-2-6-12-15/h1-13,17H,(H,23,24)/t17-/m0/s1. The van der Waals surface area contributed by atoms with Gasteiger partial charge in [0, 0.05) is 0 Å². The van der Waals surface area contributed by atoms with Crippen LogP contribution in [0.15, 0.2) is 77.7 Å². The van der Waals surface area contributed by atoms with Crippen LogP contribution in [0.1, 0.15) is 17.2 Å². The highest BCUT2D eigenvalue weighted by Crippen LogP contribution is 2.37. The lowest BCUT2D eigenvalue weighted by Gasteiger charge is -2.23. The molecule has 1 heterocycles. The summed E-state index contributed by atoms with van der Waals surface area (Å²) in [7, 11) is 0. The second-order valence-electron chi connectivity index (χ2n) is 5.50. The third-order valence-electron chi connectivity index (χ3n) is 3.77. The molecule has 0 aliphatic carbocycles. The number of allylic oxidation sites excluding steroid dienone is 2. The number of carbonyl (C=O) groups is 2. The number of hydrogen-bond donors (Lipinski definition) is 1. The Morgan fingerprint density at radius 1 is 1.08 bits per heavy atom. The first-order valence-corrected chi connectivity index (χ1v) is 9.07. The van der Waals surface area contributed by atoms with Gasteiger partial charge in [0.2, 0.25) is 0 Å². The molecule has 4 nitrogen and oxygen atoms in total. The Morgan fingerprint density at radius 2 is 1.69 bits per heavy atom. The number of thiocarbonyl (C=S) groups is 1. The van der Waals surface area contributed by atoms with E-state index in [4.69, 9.17) is 12.2 Å². The van der Waals surface area contributed by atoms with Crippen LogP contribution in [0.5, 0.6) is 0 Å². The zero-order valence-electron chi connectivity index (χ0n) is 13.6. The van der Waals surface area contributed by atoms with E-state index in [0.717, 1.165) is 17.3 Å². The molecule has 0 radical (unpaired) electrons. The Labute approximate surface area is 160 Å². The molecule has 0 aromatic heterocycles. The lowest BCUT2D eigenvalue weighted by molar-refractivity contribution is -0.145. The van der Waals surface area contributed by atoms with Crippen LogP contribution in [-0.4, -0.2) is 26.2 Å². The fourth-order valence-electron chi connectivity index (χ4n) is 2.56. The summed E-state index contributed by atoms with van der Waals surface area (Å²) in [5, 5.41) is 9.64. The van der Waals surface area contributed by atoms with Gasteiger partial charge in [-0.3, -0.25) is 9.69 Å². The van der Waals surface area contributed by atoms with Crippen LogP contribution in [0.25, 0.3) is 6.08 Å². The van der Waals surface area contributed by atoms with Crippen molar-refractivity contribution in [3.63, 3.8) is 0 Å². The van der Waals surface area contributed by atoms with Gasteiger partial charge in [-0.1, -0.05) is 96.8 Å². The third-order valence-corrected chi connectivity index (χ3v) is 5.12. The molecule has 0 spiro atoms. The molecule has 0 saturated carbocycles. The molecule has 0 unspecified atom stereocenters. The monoisotopic (exact) mass is 381 g/mol. The number of aliphatic carboxylic acids is 1. The number of nitrogens with zero attached hydrogens (tertiary/aromatic N) is 1. The Kier molecular flexibility index (Phi) is 5.65. The van der Waals surface area contributed by atoms with Gasteiger partial charge in [-0.2, -0.15) is 0 Å². The third kappa shape index (κ3) is 3.92. The lowest BCUT2D eigenvalue weighted by atomic mass is 10.1. The fraction of sp³-hybridized carbons (Fsp3) is 0.0500. The molecule has 1 fully saturated rings. The quantitative estimate of drug-likeness (QED) is 0.619. The molecule has 2 aromatic carbocycles. The SMILES string of the molecule is O=C(O)[C@H](c1ccccc1)N1C(=O)C(=CC=Cc2ccccc2)SC1=S. The summed E-state index contributed by atoms with van der Waals surface area (Å²) in [5.41, 5.74) is 1.52. The summed E-state index contributed by atoms with van der Waals surface area (Å²) in [6.45, 7) is 0. The minimum absolute atomic E-state index is 0.241. The van der Waals surface area contributed by atoms with Crippen LogP contribution in [0, 0.1) is 0 Å². The van der Waals surface area contributed by atoms with E-state index < -0.39 is 17.9 Å². The van der Waals surface area contributed by atoms with Crippen molar-refractivity contribution in [2.75, 3.05) is 0 Å². The number of hydrogen-bond acceptors (Lipinski definition) is 4. The zero-order valence-corrected chi connectivity index (χ0v) is 15.2. The normalized spacial score (nSPS) is 17.2. The average molecular weight is 381 g/mol.